The summed E-state index contributed by atoms with van der Waals surface area (Å²) in [5.41, 5.74) is 3.25. The van der Waals surface area contributed by atoms with Crippen LogP contribution in [0.5, 0.6) is 0 Å². The van der Waals surface area contributed by atoms with Crippen molar-refractivity contribution >= 4 is 5.91 Å². The molecule has 0 aromatic heterocycles. The van der Waals surface area contributed by atoms with Gasteiger partial charge in [-0.05, 0) is 72.8 Å². The second-order valence-corrected chi connectivity index (χ2v) is 10.6. The number of aliphatic hydroxyl groups excluding tert-OH is 3. The number of hydrogen-bond acceptors (Lipinski definition) is 4. The first-order chi connectivity index (χ1) is 14.5. The van der Waals surface area contributed by atoms with Gasteiger partial charge in [-0.3, -0.25) is 4.79 Å². The molecule has 1 amide bonds. The van der Waals surface area contributed by atoms with Crippen LogP contribution >= 0.6 is 0 Å². The van der Waals surface area contributed by atoms with Crippen LogP contribution in [0, 0.1) is 23.2 Å². The summed E-state index contributed by atoms with van der Waals surface area (Å²) in [5, 5.41) is 30.9. The van der Waals surface area contributed by atoms with E-state index in [1.165, 1.54) is 5.57 Å². The van der Waals surface area contributed by atoms with Gasteiger partial charge in [-0.2, -0.15) is 0 Å². The third kappa shape index (κ3) is 4.99. The maximum Gasteiger partial charge on any atom is 0.224 e. The average Bonchev–Trinajstić information content (AvgIpc) is 3.06. The highest BCUT2D eigenvalue weighted by Gasteiger charge is 2.51. The number of aliphatic hydroxyl groups is 3. The number of carbonyl (C=O) groups is 1. The van der Waals surface area contributed by atoms with Crippen LogP contribution in [0.3, 0.4) is 0 Å². The largest absolute Gasteiger partial charge is 0.393 e. The lowest BCUT2D eigenvalue weighted by molar-refractivity contribution is -0.132. The summed E-state index contributed by atoms with van der Waals surface area (Å²) >= 11 is 0. The summed E-state index contributed by atoms with van der Waals surface area (Å²) in [7, 11) is 3.47. The van der Waals surface area contributed by atoms with E-state index in [1.54, 1.807) is 19.0 Å². The molecule has 3 saturated carbocycles. The van der Waals surface area contributed by atoms with E-state index < -0.39 is 18.3 Å². The Balaban J connectivity index is 1.76. The quantitative estimate of drug-likeness (QED) is 0.621. The molecule has 3 N–H and O–H groups in total. The van der Waals surface area contributed by atoms with Gasteiger partial charge < -0.3 is 20.2 Å². The van der Waals surface area contributed by atoms with Crippen LogP contribution in [0.25, 0.3) is 0 Å². The zero-order chi connectivity index (χ0) is 22.9. The van der Waals surface area contributed by atoms with Gasteiger partial charge in [0.1, 0.15) is 0 Å². The summed E-state index contributed by atoms with van der Waals surface area (Å²) in [6, 6.07) is 0. The van der Waals surface area contributed by atoms with Gasteiger partial charge in [-0.15, -0.1) is 0 Å². The van der Waals surface area contributed by atoms with Gasteiger partial charge in [0.25, 0.3) is 0 Å². The van der Waals surface area contributed by atoms with Crippen molar-refractivity contribution in [2.75, 3.05) is 14.1 Å². The third-order valence-corrected chi connectivity index (χ3v) is 8.43. The zero-order valence-corrected chi connectivity index (χ0v) is 19.7. The van der Waals surface area contributed by atoms with Crippen molar-refractivity contribution in [1.82, 2.24) is 4.90 Å². The minimum Gasteiger partial charge on any atom is -0.393 e. The molecule has 0 heterocycles. The van der Waals surface area contributed by atoms with E-state index in [0.717, 1.165) is 43.3 Å². The lowest BCUT2D eigenvalue weighted by Gasteiger charge is -2.45. The van der Waals surface area contributed by atoms with Crippen molar-refractivity contribution < 1.29 is 20.1 Å². The number of carbonyl (C=O) groups excluding carboxylic acids is 1. The Bertz CT molecular complexity index is 755. The van der Waals surface area contributed by atoms with Crippen molar-refractivity contribution in [2.45, 2.75) is 83.5 Å². The fourth-order valence-corrected chi connectivity index (χ4v) is 6.42. The molecule has 31 heavy (non-hydrogen) atoms. The maximum atomic E-state index is 12.1. The Morgan fingerprint density at radius 1 is 1.29 bits per heavy atom. The molecule has 3 rings (SSSR count). The number of amides is 1. The van der Waals surface area contributed by atoms with Crippen molar-refractivity contribution in [3.63, 3.8) is 0 Å². The van der Waals surface area contributed by atoms with Crippen molar-refractivity contribution in [2.24, 2.45) is 23.2 Å². The summed E-state index contributed by atoms with van der Waals surface area (Å²) in [6.07, 6.45) is 9.15. The minimum absolute atomic E-state index is 0.0213. The molecule has 0 saturated heterocycles. The number of hydrogen-bond donors (Lipinski definition) is 3. The van der Waals surface area contributed by atoms with E-state index in [1.807, 2.05) is 0 Å². The van der Waals surface area contributed by atoms with Gasteiger partial charge in [0.2, 0.25) is 5.91 Å². The second-order valence-electron chi connectivity index (χ2n) is 10.6. The molecule has 0 radical (unpaired) electrons. The fraction of sp³-hybridized carbons (Fsp3) is 0.731. The Hall–Kier alpha value is -1.43. The normalized spacial score (nSPS) is 38.2. The molecule has 3 fully saturated rings. The van der Waals surface area contributed by atoms with E-state index in [2.05, 4.69) is 32.6 Å². The third-order valence-electron chi connectivity index (χ3n) is 8.43. The number of nitrogens with zero attached hydrogens (tertiary/aromatic N) is 1. The van der Waals surface area contributed by atoms with Crippen molar-refractivity contribution in [1.29, 1.82) is 0 Å². The summed E-state index contributed by atoms with van der Waals surface area (Å²) in [4.78, 5) is 13.7. The molecule has 0 bridgehead atoms. The van der Waals surface area contributed by atoms with Gasteiger partial charge in [0, 0.05) is 20.5 Å². The standard InChI is InChI=1S/C26H41NO4/c1-16-19(13-20(28)14-23(16)29)9-8-18-7-6-12-26(3)21(10-11-22(18)26)17(2)24(30)15-25(31)27(4)5/h8-9,17,20-24,28-30H,1,6-7,10-15H2,2-5H3/t17-,20-,21+,22-,23+,24?,26+/m0/s1. The lowest BCUT2D eigenvalue weighted by Crippen LogP contribution is -2.40. The molecule has 0 aromatic carbocycles. The molecule has 3 aliphatic carbocycles. The highest BCUT2D eigenvalue weighted by Crippen LogP contribution is 2.59. The SMILES string of the molecule is C=C1C(=CC=C2CCC[C@]3(C)[C@@H]([C@H](C)C(O)CC(=O)N(C)C)CC[C@@H]23)C[C@H](O)C[C@H]1O. The topological polar surface area (TPSA) is 81.0 Å². The summed E-state index contributed by atoms with van der Waals surface area (Å²) < 4.78 is 0. The fourth-order valence-electron chi connectivity index (χ4n) is 6.42. The first-order valence-corrected chi connectivity index (χ1v) is 11.9. The van der Waals surface area contributed by atoms with Gasteiger partial charge in [-0.1, -0.05) is 38.2 Å². The first-order valence-electron chi connectivity index (χ1n) is 11.9. The average molecular weight is 432 g/mol. The number of allylic oxidation sites excluding steroid dienone is 3. The molecule has 0 spiro atoms. The van der Waals surface area contributed by atoms with Crippen LogP contribution in [-0.2, 0) is 4.79 Å². The number of fused-ring (bicyclic) bond motifs is 1. The molecular weight excluding hydrogens is 390 g/mol. The highest BCUT2D eigenvalue weighted by molar-refractivity contribution is 5.76. The van der Waals surface area contributed by atoms with Crippen LogP contribution in [-0.4, -0.2) is 58.5 Å². The molecule has 0 aliphatic heterocycles. The molecule has 3 aliphatic rings. The molecule has 5 heteroatoms. The van der Waals surface area contributed by atoms with Crippen LogP contribution in [0.15, 0.2) is 35.5 Å². The maximum absolute atomic E-state index is 12.1. The molecular formula is C26H41NO4. The van der Waals surface area contributed by atoms with Gasteiger partial charge in [0.05, 0.1) is 24.7 Å². The lowest BCUT2D eigenvalue weighted by atomic mass is 9.60. The Kier molecular flexibility index (Phi) is 7.50. The van der Waals surface area contributed by atoms with Crippen LogP contribution < -0.4 is 0 Å². The molecule has 5 nitrogen and oxygen atoms in total. The van der Waals surface area contributed by atoms with Crippen molar-refractivity contribution in [3.8, 4) is 0 Å². The van der Waals surface area contributed by atoms with Crippen LogP contribution in [0.4, 0.5) is 0 Å². The molecule has 7 atom stereocenters. The Labute approximate surface area is 187 Å². The van der Waals surface area contributed by atoms with Crippen LogP contribution in [0.1, 0.15) is 65.2 Å². The Morgan fingerprint density at radius 2 is 2.00 bits per heavy atom. The predicted octanol–water partition coefficient (Wildman–Crippen LogP) is 3.60. The number of rotatable bonds is 5. The molecule has 1 unspecified atom stereocenters. The van der Waals surface area contributed by atoms with E-state index in [4.69, 9.17) is 0 Å². The van der Waals surface area contributed by atoms with E-state index in [9.17, 15) is 20.1 Å². The van der Waals surface area contributed by atoms with Gasteiger partial charge >= 0.3 is 0 Å². The van der Waals surface area contributed by atoms with Gasteiger partial charge in [-0.25, -0.2) is 0 Å². The Morgan fingerprint density at radius 3 is 2.68 bits per heavy atom. The second kappa shape index (κ2) is 9.60. The summed E-state index contributed by atoms with van der Waals surface area (Å²) in [5.74, 6) is 0.938. The minimum atomic E-state index is -0.659. The monoisotopic (exact) mass is 431 g/mol. The van der Waals surface area contributed by atoms with Crippen LogP contribution in [0.2, 0.25) is 0 Å². The molecule has 174 valence electrons. The predicted molar refractivity (Wildman–Crippen MR) is 123 cm³/mol. The van der Waals surface area contributed by atoms with E-state index in [0.29, 0.717) is 24.7 Å². The van der Waals surface area contributed by atoms with E-state index >= 15 is 0 Å². The molecule has 0 aromatic rings. The zero-order valence-electron chi connectivity index (χ0n) is 19.7. The van der Waals surface area contributed by atoms with E-state index in [-0.39, 0.29) is 23.7 Å². The van der Waals surface area contributed by atoms with Crippen molar-refractivity contribution in [3.05, 3.63) is 35.5 Å². The smallest absolute Gasteiger partial charge is 0.224 e. The van der Waals surface area contributed by atoms with Gasteiger partial charge in [0.15, 0.2) is 0 Å². The summed E-state index contributed by atoms with van der Waals surface area (Å²) in [6.45, 7) is 8.51. The first kappa shape index (κ1) is 24.2. The highest BCUT2D eigenvalue weighted by atomic mass is 16.3.